The van der Waals surface area contributed by atoms with Crippen molar-refractivity contribution in [2.45, 2.75) is 13.0 Å². The first-order valence-corrected chi connectivity index (χ1v) is 7.82. The molecule has 9 heteroatoms. The second kappa shape index (κ2) is 8.04. The number of rotatable bonds is 6. The Kier molecular flexibility index (Phi) is 6.06. The monoisotopic (exact) mass is 384 g/mol. The Morgan fingerprint density at radius 3 is 2.48 bits per heavy atom. The molecule has 0 unspecified atom stereocenters. The van der Waals surface area contributed by atoms with Crippen molar-refractivity contribution in [3.63, 3.8) is 0 Å². The standard InChI is InChI=1S/C16H14Cl2N2O5/c1-9(25-14-6-4-11(20(22)23)8-12(14)18)16(21)19-13-7-10(17)3-5-15(13)24-2/h3-9H,1-2H3,(H,19,21)/t9-/m1/s1. The van der Waals surface area contributed by atoms with Gasteiger partial charge in [-0.25, -0.2) is 0 Å². The first-order valence-electron chi connectivity index (χ1n) is 7.07. The average Bonchev–Trinajstić information content (AvgIpc) is 2.56. The van der Waals surface area contributed by atoms with Crippen LogP contribution >= 0.6 is 23.2 Å². The number of nitrogens with zero attached hydrogens (tertiary/aromatic N) is 1. The summed E-state index contributed by atoms with van der Waals surface area (Å²) in [7, 11) is 1.47. The summed E-state index contributed by atoms with van der Waals surface area (Å²) >= 11 is 11.9. The smallest absolute Gasteiger partial charge is 0.271 e. The van der Waals surface area contributed by atoms with Gasteiger partial charge in [0.15, 0.2) is 6.10 Å². The summed E-state index contributed by atoms with van der Waals surface area (Å²) in [4.78, 5) is 22.4. The summed E-state index contributed by atoms with van der Waals surface area (Å²) in [6, 6.07) is 8.53. The summed E-state index contributed by atoms with van der Waals surface area (Å²) in [5.41, 5.74) is 0.225. The van der Waals surface area contributed by atoms with Crippen LogP contribution in [-0.4, -0.2) is 24.0 Å². The lowest BCUT2D eigenvalue weighted by molar-refractivity contribution is -0.384. The fraction of sp³-hybridized carbons (Fsp3) is 0.188. The summed E-state index contributed by atoms with van der Waals surface area (Å²) < 4.78 is 10.6. The maximum absolute atomic E-state index is 12.3. The van der Waals surface area contributed by atoms with Gasteiger partial charge in [0.1, 0.15) is 11.5 Å². The minimum atomic E-state index is -0.914. The number of carbonyl (C=O) groups is 1. The van der Waals surface area contributed by atoms with Crippen LogP contribution in [-0.2, 0) is 4.79 Å². The summed E-state index contributed by atoms with van der Waals surface area (Å²) in [5.74, 6) is 0.140. The van der Waals surface area contributed by atoms with Gasteiger partial charge in [-0.2, -0.15) is 0 Å². The van der Waals surface area contributed by atoms with E-state index in [1.54, 1.807) is 18.2 Å². The summed E-state index contributed by atoms with van der Waals surface area (Å²) in [6.07, 6.45) is -0.914. The molecule has 0 aliphatic carbocycles. The van der Waals surface area contributed by atoms with Crippen molar-refractivity contribution in [3.05, 3.63) is 56.6 Å². The number of ether oxygens (including phenoxy) is 2. The Hall–Kier alpha value is -2.51. The van der Waals surface area contributed by atoms with Gasteiger partial charge in [-0.3, -0.25) is 14.9 Å². The molecule has 0 fully saturated rings. The predicted molar refractivity (Wildman–Crippen MR) is 94.8 cm³/mol. The third-order valence-electron chi connectivity index (χ3n) is 3.22. The molecule has 0 aromatic heterocycles. The van der Waals surface area contributed by atoms with Gasteiger partial charge in [0.2, 0.25) is 0 Å². The van der Waals surface area contributed by atoms with Crippen molar-refractivity contribution in [1.29, 1.82) is 0 Å². The molecule has 0 bridgehead atoms. The fourth-order valence-electron chi connectivity index (χ4n) is 1.96. The number of hydrogen-bond donors (Lipinski definition) is 1. The number of methoxy groups -OCH3 is 1. The zero-order valence-corrected chi connectivity index (χ0v) is 14.8. The Bertz CT molecular complexity index is 813. The van der Waals surface area contributed by atoms with Gasteiger partial charge in [-0.05, 0) is 31.2 Å². The number of amides is 1. The molecule has 2 aromatic rings. The molecule has 0 saturated carbocycles. The van der Waals surface area contributed by atoms with Crippen LogP contribution in [0.2, 0.25) is 10.0 Å². The van der Waals surface area contributed by atoms with Crippen molar-refractivity contribution in [2.24, 2.45) is 0 Å². The van der Waals surface area contributed by atoms with Crippen LogP contribution in [0.5, 0.6) is 11.5 Å². The first kappa shape index (κ1) is 18.8. The number of carbonyl (C=O) groups excluding carboxylic acids is 1. The Morgan fingerprint density at radius 2 is 1.88 bits per heavy atom. The number of nitrogens with one attached hydrogen (secondary N) is 1. The first-order chi connectivity index (χ1) is 11.8. The molecule has 7 nitrogen and oxygen atoms in total. The number of halogens is 2. The van der Waals surface area contributed by atoms with Gasteiger partial charge >= 0.3 is 0 Å². The quantitative estimate of drug-likeness (QED) is 0.591. The average molecular weight is 385 g/mol. The maximum atomic E-state index is 12.3. The molecular formula is C16H14Cl2N2O5. The van der Waals surface area contributed by atoms with Crippen molar-refractivity contribution in [3.8, 4) is 11.5 Å². The SMILES string of the molecule is COc1ccc(Cl)cc1NC(=O)[C@@H](C)Oc1ccc([N+](=O)[O-])cc1Cl. The topological polar surface area (TPSA) is 90.7 Å². The predicted octanol–water partition coefficient (Wildman–Crippen LogP) is 4.32. The van der Waals surface area contributed by atoms with Crippen molar-refractivity contribution in [1.82, 2.24) is 0 Å². The van der Waals surface area contributed by atoms with E-state index in [1.807, 2.05) is 0 Å². The van der Waals surface area contributed by atoms with E-state index in [0.717, 1.165) is 6.07 Å². The molecule has 0 radical (unpaired) electrons. The van der Waals surface area contributed by atoms with Crippen LogP contribution < -0.4 is 14.8 Å². The number of hydrogen-bond acceptors (Lipinski definition) is 5. The summed E-state index contributed by atoms with van der Waals surface area (Å²) in [5, 5.41) is 13.8. The molecule has 2 aromatic carbocycles. The van der Waals surface area contributed by atoms with Crippen molar-refractivity contribution in [2.75, 3.05) is 12.4 Å². The third-order valence-corrected chi connectivity index (χ3v) is 3.75. The lowest BCUT2D eigenvalue weighted by Gasteiger charge is -2.17. The molecule has 0 aliphatic heterocycles. The highest BCUT2D eigenvalue weighted by Gasteiger charge is 2.19. The zero-order valence-electron chi connectivity index (χ0n) is 13.3. The fourth-order valence-corrected chi connectivity index (χ4v) is 2.35. The normalized spacial score (nSPS) is 11.5. The van der Waals surface area contributed by atoms with Crippen molar-refractivity contribution < 1.29 is 19.2 Å². The number of nitro benzene ring substituents is 1. The van der Waals surface area contributed by atoms with E-state index in [1.165, 1.54) is 26.2 Å². The van der Waals surface area contributed by atoms with Crippen LogP contribution in [0.1, 0.15) is 6.92 Å². The summed E-state index contributed by atoms with van der Waals surface area (Å²) in [6.45, 7) is 1.52. The second-order valence-electron chi connectivity index (χ2n) is 4.97. The number of benzene rings is 2. The van der Waals surface area contributed by atoms with Gasteiger partial charge in [0, 0.05) is 17.2 Å². The van der Waals surface area contributed by atoms with Crippen LogP contribution in [0, 0.1) is 10.1 Å². The Morgan fingerprint density at radius 1 is 1.20 bits per heavy atom. The van der Waals surface area contributed by atoms with E-state index in [2.05, 4.69) is 5.32 Å². The lowest BCUT2D eigenvalue weighted by Crippen LogP contribution is -2.30. The Balaban J connectivity index is 2.11. The number of non-ortho nitro benzene ring substituents is 1. The highest BCUT2D eigenvalue weighted by molar-refractivity contribution is 6.32. The number of nitro groups is 1. The van der Waals surface area contributed by atoms with Crippen molar-refractivity contribution >= 4 is 40.5 Å². The highest BCUT2D eigenvalue weighted by atomic mass is 35.5. The zero-order chi connectivity index (χ0) is 18.6. The molecule has 25 heavy (non-hydrogen) atoms. The van der Waals surface area contributed by atoms with E-state index in [9.17, 15) is 14.9 Å². The minimum Gasteiger partial charge on any atom is -0.495 e. The third kappa shape index (κ3) is 4.74. The van der Waals surface area contributed by atoms with E-state index < -0.39 is 16.9 Å². The van der Waals surface area contributed by atoms with E-state index in [0.29, 0.717) is 16.5 Å². The minimum absolute atomic E-state index is 0.0363. The molecule has 0 saturated heterocycles. The van der Waals surface area contributed by atoms with Crippen LogP contribution in [0.4, 0.5) is 11.4 Å². The molecule has 0 aliphatic rings. The molecule has 1 N–H and O–H groups in total. The van der Waals surface area contributed by atoms with Crippen LogP contribution in [0.25, 0.3) is 0 Å². The largest absolute Gasteiger partial charge is 0.495 e. The van der Waals surface area contributed by atoms with E-state index in [-0.39, 0.29) is 16.5 Å². The highest BCUT2D eigenvalue weighted by Crippen LogP contribution is 2.30. The second-order valence-corrected chi connectivity index (χ2v) is 5.81. The van der Waals surface area contributed by atoms with Gasteiger partial charge in [0.25, 0.3) is 11.6 Å². The van der Waals surface area contributed by atoms with E-state index in [4.69, 9.17) is 32.7 Å². The number of anilines is 1. The van der Waals surface area contributed by atoms with E-state index >= 15 is 0 Å². The maximum Gasteiger partial charge on any atom is 0.271 e. The molecule has 0 spiro atoms. The van der Waals surface area contributed by atoms with Gasteiger partial charge in [0.05, 0.1) is 22.7 Å². The molecule has 132 valence electrons. The van der Waals surface area contributed by atoms with Gasteiger partial charge in [-0.15, -0.1) is 0 Å². The Labute approximate surface area is 153 Å². The van der Waals surface area contributed by atoms with Crippen LogP contribution in [0.3, 0.4) is 0 Å². The molecule has 1 amide bonds. The van der Waals surface area contributed by atoms with Crippen LogP contribution in [0.15, 0.2) is 36.4 Å². The van der Waals surface area contributed by atoms with Gasteiger partial charge < -0.3 is 14.8 Å². The lowest BCUT2D eigenvalue weighted by atomic mass is 10.2. The molecular weight excluding hydrogens is 371 g/mol. The molecule has 2 rings (SSSR count). The molecule has 0 heterocycles. The molecule has 1 atom stereocenters. The van der Waals surface area contributed by atoms with Gasteiger partial charge in [-0.1, -0.05) is 23.2 Å².